The molecule has 3 rings (SSSR count). The number of esters is 1. The van der Waals surface area contributed by atoms with Crippen LogP contribution in [0.4, 0.5) is 0 Å². The molecule has 0 atom stereocenters. The molecule has 0 saturated carbocycles. The molecular formula is C24H31NO2. The van der Waals surface area contributed by atoms with Crippen LogP contribution >= 0.6 is 0 Å². The number of ether oxygens (including phenoxy) is 1. The van der Waals surface area contributed by atoms with Gasteiger partial charge in [0.15, 0.2) is 0 Å². The van der Waals surface area contributed by atoms with Gasteiger partial charge in [-0.05, 0) is 48.2 Å². The minimum Gasteiger partial charge on any atom is -0.464 e. The first-order valence-corrected chi connectivity index (χ1v) is 10.3. The van der Waals surface area contributed by atoms with Crippen molar-refractivity contribution in [3.05, 3.63) is 59.7 Å². The van der Waals surface area contributed by atoms with Crippen LogP contribution < -0.4 is 0 Å². The van der Waals surface area contributed by atoms with Crippen molar-refractivity contribution in [2.75, 3.05) is 26.2 Å². The largest absolute Gasteiger partial charge is 0.464 e. The maximum absolute atomic E-state index is 12.9. The third-order valence-electron chi connectivity index (χ3n) is 5.38. The minimum absolute atomic E-state index is 0.127. The minimum atomic E-state index is -0.294. The average molecular weight is 366 g/mol. The molecular weight excluding hydrogens is 334 g/mol. The predicted octanol–water partition coefficient (Wildman–Crippen LogP) is 5.24. The number of hydrogen-bond acceptors (Lipinski definition) is 3. The average Bonchev–Trinajstić information content (AvgIpc) is 3.04. The van der Waals surface area contributed by atoms with E-state index in [9.17, 15) is 4.79 Å². The predicted molar refractivity (Wildman–Crippen MR) is 111 cm³/mol. The van der Waals surface area contributed by atoms with Gasteiger partial charge in [-0.15, -0.1) is 0 Å². The summed E-state index contributed by atoms with van der Waals surface area (Å²) in [4.78, 5) is 15.4. The summed E-state index contributed by atoms with van der Waals surface area (Å²) in [6.45, 7) is 7.89. The fourth-order valence-corrected chi connectivity index (χ4v) is 3.87. The van der Waals surface area contributed by atoms with E-state index in [4.69, 9.17) is 4.74 Å². The number of unbranched alkanes of at least 4 members (excludes halogenated alkanes) is 2. The standard InChI is InChI=1S/C24H31NO2/c1-3-5-15-25(16-6-4-2)17-18-27-24(26)23-21-13-9-7-11-19(21)20-12-8-10-14-22(20)23/h7-14,23H,3-6,15-18H2,1-2H3. The Hall–Kier alpha value is -2.13. The zero-order valence-corrected chi connectivity index (χ0v) is 16.6. The third kappa shape index (κ3) is 4.59. The molecule has 0 fully saturated rings. The van der Waals surface area contributed by atoms with Gasteiger partial charge >= 0.3 is 5.97 Å². The van der Waals surface area contributed by atoms with E-state index in [2.05, 4.69) is 43.0 Å². The highest BCUT2D eigenvalue weighted by molar-refractivity contribution is 5.93. The summed E-state index contributed by atoms with van der Waals surface area (Å²) in [5, 5.41) is 0. The third-order valence-corrected chi connectivity index (χ3v) is 5.38. The van der Waals surface area contributed by atoms with E-state index in [1.165, 1.54) is 25.7 Å². The molecule has 0 unspecified atom stereocenters. The van der Waals surface area contributed by atoms with Crippen molar-refractivity contribution in [3.8, 4) is 11.1 Å². The molecule has 0 radical (unpaired) electrons. The first-order valence-electron chi connectivity index (χ1n) is 10.3. The molecule has 1 aliphatic carbocycles. The molecule has 0 N–H and O–H groups in total. The van der Waals surface area contributed by atoms with E-state index < -0.39 is 0 Å². The Morgan fingerprint density at radius 3 is 1.89 bits per heavy atom. The molecule has 0 saturated heterocycles. The molecule has 0 aliphatic heterocycles. The summed E-state index contributed by atoms with van der Waals surface area (Å²) in [6, 6.07) is 16.4. The number of hydrogen-bond donors (Lipinski definition) is 0. The van der Waals surface area contributed by atoms with Crippen LogP contribution in [0.2, 0.25) is 0 Å². The van der Waals surface area contributed by atoms with Crippen molar-refractivity contribution >= 4 is 5.97 Å². The van der Waals surface area contributed by atoms with Crippen LogP contribution in [0.1, 0.15) is 56.6 Å². The highest BCUT2D eigenvalue weighted by Crippen LogP contribution is 2.44. The first-order chi connectivity index (χ1) is 13.3. The first kappa shape index (κ1) is 19.6. The SMILES string of the molecule is CCCCN(CCCC)CCOC(=O)C1c2ccccc2-c2ccccc21. The van der Waals surface area contributed by atoms with Crippen molar-refractivity contribution in [1.29, 1.82) is 0 Å². The van der Waals surface area contributed by atoms with Crippen LogP contribution in [0.15, 0.2) is 48.5 Å². The highest BCUT2D eigenvalue weighted by Gasteiger charge is 2.34. The van der Waals surface area contributed by atoms with Crippen LogP contribution in [0.5, 0.6) is 0 Å². The van der Waals surface area contributed by atoms with Crippen LogP contribution in [-0.2, 0) is 9.53 Å². The second-order valence-electron chi connectivity index (χ2n) is 7.32. The molecule has 3 nitrogen and oxygen atoms in total. The van der Waals surface area contributed by atoms with Crippen molar-refractivity contribution in [3.63, 3.8) is 0 Å². The summed E-state index contributed by atoms with van der Waals surface area (Å²) in [6.07, 6.45) is 4.78. The zero-order valence-electron chi connectivity index (χ0n) is 16.6. The number of carbonyl (C=O) groups excluding carboxylic acids is 1. The Morgan fingerprint density at radius 1 is 0.852 bits per heavy atom. The van der Waals surface area contributed by atoms with Crippen LogP contribution in [0.3, 0.4) is 0 Å². The molecule has 0 heterocycles. The lowest BCUT2D eigenvalue weighted by molar-refractivity contribution is -0.144. The quantitative estimate of drug-likeness (QED) is 0.539. The molecule has 3 heteroatoms. The van der Waals surface area contributed by atoms with Gasteiger partial charge in [-0.25, -0.2) is 0 Å². The molecule has 27 heavy (non-hydrogen) atoms. The molecule has 2 aromatic carbocycles. The summed E-state index contributed by atoms with van der Waals surface area (Å²) < 4.78 is 5.75. The van der Waals surface area contributed by atoms with Gasteiger partial charge in [-0.2, -0.15) is 0 Å². The summed E-state index contributed by atoms with van der Waals surface area (Å²) in [5.41, 5.74) is 4.44. The lowest BCUT2D eigenvalue weighted by atomic mass is 9.97. The molecule has 144 valence electrons. The molecule has 2 aromatic rings. The van der Waals surface area contributed by atoms with Gasteiger partial charge in [0.1, 0.15) is 12.5 Å². The van der Waals surface area contributed by atoms with Crippen molar-refractivity contribution < 1.29 is 9.53 Å². The fourth-order valence-electron chi connectivity index (χ4n) is 3.87. The lowest BCUT2D eigenvalue weighted by Gasteiger charge is -2.22. The monoisotopic (exact) mass is 365 g/mol. The maximum atomic E-state index is 12.9. The zero-order chi connectivity index (χ0) is 19.1. The lowest BCUT2D eigenvalue weighted by Crippen LogP contribution is -2.31. The second-order valence-corrected chi connectivity index (χ2v) is 7.32. The number of fused-ring (bicyclic) bond motifs is 3. The van der Waals surface area contributed by atoms with E-state index in [1.807, 2.05) is 24.3 Å². The molecule has 1 aliphatic rings. The van der Waals surface area contributed by atoms with Gasteiger partial charge in [0.2, 0.25) is 0 Å². The summed E-state index contributed by atoms with van der Waals surface area (Å²) >= 11 is 0. The van der Waals surface area contributed by atoms with Gasteiger partial charge in [-0.1, -0.05) is 75.2 Å². The van der Waals surface area contributed by atoms with E-state index >= 15 is 0 Å². The highest BCUT2D eigenvalue weighted by atomic mass is 16.5. The van der Waals surface area contributed by atoms with Gasteiger partial charge in [0.05, 0.1) is 0 Å². The van der Waals surface area contributed by atoms with Gasteiger partial charge in [0.25, 0.3) is 0 Å². The van der Waals surface area contributed by atoms with Crippen molar-refractivity contribution in [2.45, 2.75) is 45.4 Å². The molecule has 0 aromatic heterocycles. The Bertz CT molecular complexity index is 702. The number of nitrogens with zero attached hydrogens (tertiary/aromatic N) is 1. The second kappa shape index (κ2) is 9.70. The number of benzene rings is 2. The maximum Gasteiger partial charge on any atom is 0.318 e. The van der Waals surface area contributed by atoms with Crippen molar-refractivity contribution in [1.82, 2.24) is 4.90 Å². The molecule has 0 spiro atoms. The van der Waals surface area contributed by atoms with Crippen LogP contribution in [0.25, 0.3) is 11.1 Å². The Kier molecular flexibility index (Phi) is 7.05. The Balaban J connectivity index is 1.64. The Morgan fingerprint density at radius 2 is 1.37 bits per heavy atom. The van der Waals surface area contributed by atoms with E-state index in [0.29, 0.717) is 6.61 Å². The van der Waals surface area contributed by atoms with E-state index in [1.54, 1.807) is 0 Å². The Labute approximate surface area is 163 Å². The molecule has 0 amide bonds. The summed E-state index contributed by atoms with van der Waals surface area (Å²) in [5.74, 6) is -0.421. The van der Waals surface area contributed by atoms with E-state index in [-0.39, 0.29) is 11.9 Å². The van der Waals surface area contributed by atoms with Crippen molar-refractivity contribution in [2.24, 2.45) is 0 Å². The summed E-state index contributed by atoms with van der Waals surface area (Å²) in [7, 11) is 0. The van der Waals surface area contributed by atoms with Crippen LogP contribution in [-0.4, -0.2) is 37.1 Å². The van der Waals surface area contributed by atoms with Gasteiger partial charge in [-0.3, -0.25) is 9.69 Å². The topological polar surface area (TPSA) is 29.5 Å². The van der Waals surface area contributed by atoms with Crippen LogP contribution in [0, 0.1) is 0 Å². The normalized spacial score (nSPS) is 12.9. The number of carbonyl (C=O) groups is 1. The fraction of sp³-hybridized carbons (Fsp3) is 0.458. The van der Waals surface area contributed by atoms with Gasteiger partial charge < -0.3 is 4.74 Å². The number of rotatable bonds is 10. The molecule has 0 bridgehead atoms. The van der Waals surface area contributed by atoms with E-state index in [0.717, 1.165) is 41.9 Å². The smallest absolute Gasteiger partial charge is 0.318 e. The van der Waals surface area contributed by atoms with Gasteiger partial charge in [0, 0.05) is 6.54 Å².